The summed E-state index contributed by atoms with van der Waals surface area (Å²) in [4.78, 5) is 10.6. The quantitative estimate of drug-likeness (QED) is 0.817. The maximum absolute atomic E-state index is 12.7. The first-order valence-electron chi connectivity index (χ1n) is 6.23. The van der Waals surface area contributed by atoms with E-state index in [-0.39, 0.29) is 33.6 Å². The van der Waals surface area contributed by atoms with Gasteiger partial charge in [-0.25, -0.2) is 0 Å². The van der Waals surface area contributed by atoms with Gasteiger partial charge in [0.05, 0.1) is 33.6 Å². The van der Waals surface area contributed by atoms with Crippen LogP contribution in [0.5, 0.6) is 0 Å². The molecule has 0 aliphatic heterocycles. The highest BCUT2D eigenvalue weighted by Crippen LogP contribution is 2.41. The van der Waals surface area contributed by atoms with Crippen LogP contribution in [-0.4, -0.2) is 11.1 Å². The van der Waals surface area contributed by atoms with Gasteiger partial charge >= 0.3 is 12.1 Å². The molecular weight excluding hydrogens is 358 g/mol. The van der Waals surface area contributed by atoms with Gasteiger partial charge in [-0.3, -0.25) is 4.79 Å². The number of halogens is 5. The molecule has 1 aromatic heterocycles. The summed E-state index contributed by atoms with van der Waals surface area (Å²) in [6, 6.07) is 3.42. The molecule has 0 fully saturated rings. The predicted molar refractivity (Wildman–Crippen MR) is 78.3 cm³/mol. The van der Waals surface area contributed by atoms with Crippen molar-refractivity contribution in [3.05, 3.63) is 45.6 Å². The third kappa shape index (κ3) is 3.99. The summed E-state index contributed by atoms with van der Waals surface area (Å²) in [5.41, 5.74) is 4.75. The standard InChI is InChI=1S/C14H10Cl2F3NO3/c15-7-3-6(14(17,18)19)4-8(16)13(7)11-2-1-10(23-11)9(20)5-12(21)22/h1-4,9H,5,20H2,(H,21,22). The molecule has 0 aliphatic carbocycles. The smallest absolute Gasteiger partial charge is 0.416 e. The van der Waals surface area contributed by atoms with Crippen LogP contribution < -0.4 is 5.73 Å². The maximum Gasteiger partial charge on any atom is 0.416 e. The molecule has 0 bridgehead atoms. The highest BCUT2D eigenvalue weighted by Gasteiger charge is 2.32. The number of benzene rings is 1. The van der Waals surface area contributed by atoms with E-state index in [0.29, 0.717) is 0 Å². The van der Waals surface area contributed by atoms with E-state index in [9.17, 15) is 18.0 Å². The van der Waals surface area contributed by atoms with Crippen molar-refractivity contribution in [2.45, 2.75) is 18.6 Å². The third-order valence-electron chi connectivity index (χ3n) is 3.00. The minimum atomic E-state index is -4.58. The van der Waals surface area contributed by atoms with Gasteiger partial charge < -0.3 is 15.3 Å². The molecule has 2 rings (SSSR count). The topological polar surface area (TPSA) is 76.5 Å². The number of carboxylic acid groups (broad SMARTS) is 1. The fraction of sp³-hybridized carbons (Fsp3) is 0.214. The Balaban J connectivity index is 2.40. The molecule has 0 saturated carbocycles. The minimum Gasteiger partial charge on any atom is -0.481 e. The molecule has 124 valence electrons. The first kappa shape index (κ1) is 17.7. The molecule has 1 unspecified atom stereocenters. The summed E-state index contributed by atoms with van der Waals surface area (Å²) in [7, 11) is 0. The first-order chi connectivity index (χ1) is 10.6. The summed E-state index contributed by atoms with van der Waals surface area (Å²) in [6.07, 6.45) is -4.94. The second-order valence-electron chi connectivity index (χ2n) is 4.72. The van der Waals surface area contributed by atoms with Crippen LogP contribution >= 0.6 is 23.2 Å². The number of nitrogens with two attached hydrogens (primary N) is 1. The predicted octanol–water partition coefficient (Wildman–Crippen LogP) is 4.75. The molecule has 0 saturated heterocycles. The zero-order valence-electron chi connectivity index (χ0n) is 11.3. The van der Waals surface area contributed by atoms with Gasteiger partial charge in [-0.05, 0) is 24.3 Å². The van der Waals surface area contributed by atoms with E-state index in [1.807, 2.05) is 0 Å². The van der Waals surface area contributed by atoms with Crippen LogP contribution in [0.4, 0.5) is 13.2 Å². The fourth-order valence-electron chi connectivity index (χ4n) is 1.95. The number of rotatable bonds is 4. The van der Waals surface area contributed by atoms with E-state index >= 15 is 0 Å². The number of alkyl halides is 3. The lowest BCUT2D eigenvalue weighted by atomic mass is 10.1. The number of furan rings is 1. The third-order valence-corrected chi connectivity index (χ3v) is 3.60. The van der Waals surface area contributed by atoms with E-state index in [4.69, 9.17) is 38.5 Å². The molecule has 23 heavy (non-hydrogen) atoms. The molecule has 1 aromatic carbocycles. The van der Waals surface area contributed by atoms with E-state index in [1.165, 1.54) is 12.1 Å². The van der Waals surface area contributed by atoms with E-state index < -0.39 is 23.8 Å². The van der Waals surface area contributed by atoms with Crippen molar-refractivity contribution in [3.8, 4) is 11.3 Å². The Labute approximate surface area is 138 Å². The Morgan fingerprint density at radius 2 is 1.83 bits per heavy atom. The normalized spacial score (nSPS) is 13.1. The van der Waals surface area contributed by atoms with Gasteiger partial charge in [0, 0.05) is 0 Å². The van der Waals surface area contributed by atoms with Crippen LogP contribution in [0, 0.1) is 0 Å². The van der Waals surface area contributed by atoms with Crippen LogP contribution in [0.25, 0.3) is 11.3 Å². The Hall–Kier alpha value is -1.70. The van der Waals surface area contributed by atoms with Crippen molar-refractivity contribution in [1.29, 1.82) is 0 Å². The van der Waals surface area contributed by atoms with Gasteiger partial charge in [0.25, 0.3) is 0 Å². The monoisotopic (exact) mass is 367 g/mol. The second-order valence-corrected chi connectivity index (χ2v) is 5.53. The van der Waals surface area contributed by atoms with Gasteiger partial charge in [0.1, 0.15) is 11.5 Å². The molecule has 0 spiro atoms. The molecule has 3 N–H and O–H groups in total. The Kier molecular flexibility index (Phi) is 4.93. The van der Waals surface area contributed by atoms with Crippen molar-refractivity contribution >= 4 is 29.2 Å². The minimum absolute atomic E-state index is 0.0788. The molecule has 1 atom stereocenters. The Bertz CT molecular complexity index is 720. The number of hydrogen-bond donors (Lipinski definition) is 2. The molecule has 1 heterocycles. The van der Waals surface area contributed by atoms with Gasteiger partial charge in [-0.1, -0.05) is 23.2 Å². The fourth-order valence-corrected chi connectivity index (χ4v) is 2.62. The zero-order chi connectivity index (χ0) is 17.4. The second kappa shape index (κ2) is 6.43. The number of carboxylic acids is 1. The average molecular weight is 368 g/mol. The summed E-state index contributed by atoms with van der Waals surface area (Å²) in [5.74, 6) is -0.847. The van der Waals surface area contributed by atoms with Gasteiger partial charge in [-0.2, -0.15) is 13.2 Å². The van der Waals surface area contributed by atoms with Crippen molar-refractivity contribution in [3.63, 3.8) is 0 Å². The van der Waals surface area contributed by atoms with Gasteiger partial charge in [0.2, 0.25) is 0 Å². The Morgan fingerprint density at radius 1 is 1.26 bits per heavy atom. The van der Waals surface area contributed by atoms with Crippen LogP contribution in [0.1, 0.15) is 23.8 Å². The summed E-state index contributed by atoms with van der Waals surface area (Å²) >= 11 is 11.8. The average Bonchev–Trinajstić information content (AvgIpc) is 2.85. The molecular formula is C14H10Cl2F3NO3. The first-order valence-corrected chi connectivity index (χ1v) is 6.99. The van der Waals surface area contributed by atoms with E-state index in [1.54, 1.807) is 0 Å². The summed E-state index contributed by atoms with van der Waals surface area (Å²) in [5, 5.41) is 8.22. The largest absolute Gasteiger partial charge is 0.481 e. The summed E-state index contributed by atoms with van der Waals surface area (Å²) < 4.78 is 43.5. The van der Waals surface area contributed by atoms with Crippen molar-refractivity contribution in [2.24, 2.45) is 5.73 Å². The lowest BCUT2D eigenvalue weighted by Gasteiger charge is -2.11. The maximum atomic E-state index is 12.7. The lowest BCUT2D eigenvalue weighted by molar-refractivity contribution is -0.138. The highest BCUT2D eigenvalue weighted by atomic mass is 35.5. The zero-order valence-corrected chi connectivity index (χ0v) is 12.8. The van der Waals surface area contributed by atoms with Crippen molar-refractivity contribution in [2.75, 3.05) is 0 Å². The van der Waals surface area contributed by atoms with Crippen molar-refractivity contribution < 1.29 is 27.5 Å². The van der Waals surface area contributed by atoms with Crippen LogP contribution in [0.2, 0.25) is 10.0 Å². The molecule has 2 aromatic rings. The SMILES string of the molecule is NC(CC(=O)O)c1ccc(-c2c(Cl)cc(C(F)(F)F)cc2Cl)o1. The molecule has 9 heteroatoms. The molecule has 4 nitrogen and oxygen atoms in total. The van der Waals surface area contributed by atoms with E-state index in [0.717, 1.165) is 12.1 Å². The Morgan fingerprint density at radius 3 is 2.30 bits per heavy atom. The molecule has 0 amide bonds. The van der Waals surface area contributed by atoms with Crippen molar-refractivity contribution in [1.82, 2.24) is 0 Å². The summed E-state index contributed by atoms with van der Waals surface area (Å²) in [6.45, 7) is 0. The number of aliphatic carboxylic acids is 1. The molecule has 0 aliphatic rings. The molecule has 0 radical (unpaired) electrons. The van der Waals surface area contributed by atoms with Crippen LogP contribution in [-0.2, 0) is 11.0 Å². The lowest BCUT2D eigenvalue weighted by Crippen LogP contribution is -2.14. The highest BCUT2D eigenvalue weighted by molar-refractivity contribution is 6.39. The number of carbonyl (C=O) groups is 1. The number of hydrogen-bond acceptors (Lipinski definition) is 3. The van der Waals surface area contributed by atoms with Crippen LogP contribution in [0.15, 0.2) is 28.7 Å². The van der Waals surface area contributed by atoms with Gasteiger partial charge in [0.15, 0.2) is 0 Å². The van der Waals surface area contributed by atoms with E-state index in [2.05, 4.69) is 0 Å². The van der Waals surface area contributed by atoms with Crippen LogP contribution in [0.3, 0.4) is 0 Å². The van der Waals surface area contributed by atoms with Gasteiger partial charge in [-0.15, -0.1) is 0 Å².